The van der Waals surface area contributed by atoms with Crippen LogP contribution in [-0.2, 0) is 16.6 Å². The highest BCUT2D eigenvalue weighted by atomic mass is 35.5. The topological polar surface area (TPSA) is 85.3 Å². The Kier molecular flexibility index (Phi) is 3.60. The van der Waals surface area contributed by atoms with Crippen LogP contribution in [0.1, 0.15) is 5.56 Å². The summed E-state index contributed by atoms with van der Waals surface area (Å²) in [5.74, 6) is 0. The van der Waals surface area contributed by atoms with Gasteiger partial charge in [-0.05, 0) is 24.3 Å². The average molecular weight is 287 g/mol. The van der Waals surface area contributed by atoms with Gasteiger partial charge in [0.2, 0.25) is 10.0 Å². The van der Waals surface area contributed by atoms with Gasteiger partial charge in [0.05, 0.1) is 17.5 Å². The van der Waals surface area contributed by atoms with Gasteiger partial charge in [-0.25, -0.2) is 13.1 Å². The molecule has 0 bridgehead atoms. The molecule has 0 saturated carbocycles. The first kappa shape index (κ1) is 12.9. The molecule has 0 aliphatic carbocycles. The molecule has 5 nitrogen and oxygen atoms in total. The third-order valence-electron chi connectivity index (χ3n) is 2.29. The molecule has 0 atom stereocenters. The molecule has 0 amide bonds. The van der Waals surface area contributed by atoms with Crippen molar-refractivity contribution < 1.29 is 12.8 Å². The van der Waals surface area contributed by atoms with E-state index in [1.54, 1.807) is 6.07 Å². The molecule has 96 valence electrons. The van der Waals surface area contributed by atoms with E-state index in [-0.39, 0.29) is 16.5 Å². The van der Waals surface area contributed by atoms with Crippen LogP contribution in [-0.4, -0.2) is 8.42 Å². The Bertz CT molecular complexity index is 638. The lowest BCUT2D eigenvalue weighted by Gasteiger charge is -2.07. The second-order valence-corrected chi connectivity index (χ2v) is 5.79. The SMILES string of the molecule is Nc1ccc(S(=O)(=O)NCc2ccoc2)c(Cl)c1. The maximum absolute atomic E-state index is 12.0. The fraction of sp³-hybridized carbons (Fsp3) is 0.0909. The molecule has 0 unspecified atom stereocenters. The minimum atomic E-state index is -3.66. The van der Waals surface area contributed by atoms with Gasteiger partial charge in [0.1, 0.15) is 4.90 Å². The van der Waals surface area contributed by atoms with Gasteiger partial charge in [-0.15, -0.1) is 0 Å². The van der Waals surface area contributed by atoms with Crippen molar-refractivity contribution in [2.45, 2.75) is 11.4 Å². The number of nitrogens with two attached hydrogens (primary N) is 1. The molecule has 3 N–H and O–H groups in total. The third-order valence-corrected chi connectivity index (χ3v) is 4.18. The van der Waals surface area contributed by atoms with E-state index in [9.17, 15) is 8.42 Å². The largest absolute Gasteiger partial charge is 0.472 e. The zero-order valence-electron chi connectivity index (χ0n) is 9.26. The summed E-state index contributed by atoms with van der Waals surface area (Å²) in [6.45, 7) is 0.138. The molecule has 2 rings (SSSR count). The zero-order chi connectivity index (χ0) is 13.2. The fourth-order valence-electron chi connectivity index (χ4n) is 1.38. The molecule has 0 fully saturated rings. The molecule has 0 aliphatic heterocycles. The molecular formula is C11H11ClN2O3S. The molecule has 1 aromatic heterocycles. The van der Waals surface area contributed by atoms with Gasteiger partial charge in [-0.2, -0.15) is 0 Å². The molecule has 2 aromatic rings. The van der Waals surface area contributed by atoms with Crippen LogP contribution in [0.3, 0.4) is 0 Å². The number of nitrogen functional groups attached to an aromatic ring is 1. The molecule has 1 heterocycles. The van der Waals surface area contributed by atoms with E-state index in [4.69, 9.17) is 21.8 Å². The smallest absolute Gasteiger partial charge is 0.242 e. The number of anilines is 1. The fourth-order valence-corrected chi connectivity index (χ4v) is 2.95. The van der Waals surface area contributed by atoms with Gasteiger partial charge in [0.15, 0.2) is 0 Å². The van der Waals surface area contributed by atoms with E-state index >= 15 is 0 Å². The Morgan fingerprint density at radius 3 is 2.72 bits per heavy atom. The molecular weight excluding hydrogens is 276 g/mol. The number of benzene rings is 1. The number of hydrogen-bond acceptors (Lipinski definition) is 4. The molecule has 0 spiro atoms. The molecule has 0 saturated heterocycles. The van der Waals surface area contributed by atoms with Gasteiger partial charge in [0.25, 0.3) is 0 Å². The summed E-state index contributed by atoms with van der Waals surface area (Å²) >= 11 is 5.86. The van der Waals surface area contributed by atoms with Crippen LogP contribution in [0.25, 0.3) is 0 Å². The van der Waals surface area contributed by atoms with Gasteiger partial charge in [-0.1, -0.05) is 11.6 Å². The second kappa shape index (κ2) is 5.01. The molecule has 0 aliphatic rings. The predicted octanol–water partition coefficient (Wildman–Crippen LogP) is 1.99. The summed E-state index contributed by atoms with van der Waals surface area (Å²) in [4.78, 5) is 0.00172. The summed E-state index contributed by atoms with van der Waals surface area (Å²) in [5, 5.41) is 0.0923. The van der Waals surface area contributed by atoms with Gasteiger partial charge < -0.3 is 10.2 Å². The lowest BCUT2D eigenvalue weighted by Crippen LogP contribution is -2.23. The van der Waals surface area contributed by atoms with Crippen molar-refractivity contribution in [2.24, 2.45) is 0 Å². The van der Waals surface area contributed by atoms with Crippen molar-refractivity contribution in [1.82, 2.24) is 4.72 Å². The Morgan fingerprint density at radius 2 is 2.11 bits per heavy atom. The standard InChI is InChI=1S/C11H11ClN2O3S/c12-10-5-9(13)1-2-11(10)18(15,16)14-6-8-3-4-17-7-8/h1-5,7,14H,6,13H2. The normalized spacial score (nSPS) is 11.6. The Hall–Kier alpha value is -1.50. The van der Waals surface area contributed by atoms with Crippen LogP contribution in [0.2, 0.25) is 5.02 Å². The minimum Gasteiger partial charge on any atom is -0.472 e. The van der Waals surface area contributed by atoms with E-state index in [0.717, 1.165) is 5.56 Å². The highest BCUT2D eigenvalue weighted by Crippen LogP contribution is 2.23. The van der Waals surface area contributed by atoms with Crippen LogP contribution in [0.15, 0.2) is 46.1 Å². The quantitative estimate of drug-likeness (QED) is 0.842. The number of rotatable bonds is 4. The number of nitrogens with one attached hydrogen (secondary N) is 1. The van der Waals surface area contributed by atoms with E-state index in [1.807, 2.05) is 0 Å². The van der Waals surface area contributed by atoms with Crippen molar-refractivity contribution in [2.75, 3.05) is 5.73 Å². The number of furan rings is 1. The molecule has 0 radical (unpaired) electrons. The lowest BCUT2D eigenvalue weighted by atomic mass is 10.3. The van der Waals surface area contributed by atoms with Crippen molar-refractivity contribution in [3.8, 4) is 0 Å². The maximum atomic E-state index is 12.0. The van der Waals surface area contributed by atoms with E-state index in [2.05, 4.69) is 4.72 Å². The number of sulfonamides is 1. The van der Waals surface area contributed by atoms with Crippen molar-refractivity contribution in [1.29, 1.82) is 0 Å². The summed E-state index contributed by atoms with van der Waals surface area (Å²) in [7, 11) is -3.66. The number of halogens is 1. The van der Waals surface area contributed by atoms with E-state index in [1.165, 1.54) is 30.7 Å². The number of hydrogen-bond donors (Lipinski definition) is 2. The summed E-state index contributed by atoms with van der Waals surface area (Å²) < 4.78 is 31.3. The lowest BCUT2D eigenvalue weighted by molar-refractivity contribution is 0.561. The predicted molar refractivity (Wildman–Crippen MR) is 68.6 cm³/mol. The van der Waals surface area contributed by atoms with Crippen LogP contribution in [0, 0.1) is 0 Å². The maximum Gasteiger partial charge on any atom is 0.242 e. The van der Waals surface area contributed by atoms with E-state index < -0.39 is 10.0 Å². The van der Waals surface area contributed by atoms with Crippen molar-refractivity contribution in [3.63, 3.8) is 0 Å². The molecule has 1 aromatic carbocycles. The molecule has 18 heavy (non-hydrogen) atoms. The Morgan fingerprint density at radius 1 is 1.33 bits per heavy atom. The van der Waals surface area contributed by atoms with Crippen LogP contribution < -0.4 is 10.5 Å². The average Bonchev–Trinajstić information content (AvgIpc) is 2.78. The monoisotopic (exact) mass is 286 g/mol. The summed E-state index contributed by atoms with van der Waals surface area (Å²) in [5.41, 5.74) is 6.65. The highest BCUT2D eigenvalue weighted by molar-refractivity contribution is 7.89. The van der Waals surface area contributed by atoms with Gasteiger partial charge >= 0.3 is 0 Å². The van der Waals surface area contributed by atoms with Gasteiger partial charge in [0, 0.05) is 17.8 Å². The summed E-state index contributed by atoms with van der Waals surface area (Å²) in [6.07, 6.45) is 2.94. The molecule has 7 heteroatoms. The second-order valence-electron chi connectivity index (χ2n) is 3.65. The van der Waals surface area contributed by atoms with E-state index in [0.29, 0.717) is 5.69 Å². The third kappa shape index (κ3) is 2.84. The van der Waals surface area contributed by atoms with Crippen molar-refractivity contribution in [3.05, 3.63) is 47.4 Å². The first-order valence-corrected chi connectivity index (χ1v) is 6.91. The Balaban J connectivity index is 2.20. The highest BCUT2D eigenvalue weighted by Gasteiger charge is 2.17. The zero-order valence-corrected chi connectivity index (χ0v) is 10.8. The van der Waals surface area contributed by atoms with Crippen LogP contribution in [0.4, 0.5) is 5.69 Å². The van der Waals surface area contributed by atoms with Crippen LogP contribution in [0.5, 0.6) is 0 Å². The van der Waals surface area contributed by atoms with Crippen LogP contribution >= 0.6 is 11.6 Å². The minimum absolute atomic E-state index is 0.00172. The van der Waals surface area contributed by atoms with Crippen molar-refractivity contribution >= 4 is 27.3 Å². The summed E-state index contributed by atoms with van der Waals surface area (Å²) in [6, 6.07) is 5.93. The van der Waals surface area contributed by atoms with Gasteiger partial charge in [-0.3, -0.25) is 0 Å². The first-order valence-electron chi connectivity index (χ1n) is 5.05. The Labute approximate surface area is 110 Å². The first-order chi connectivity index (χ1) is 8.49.